The summed E-state index contributed by atoms with van der Waals surface area (Å²) >= 11 is 0. The first-order chi connectivity index (χ1) is 14.2. The van der Waals surface area contributed by atoms with Crippen LogP contribution in [0.3, 0.4) is 0 Å². The van der Waals surface area contributed by atoms with Crippen LogP contribution < -0.4 is 10.1 Å². The molecule has 2 aromatic rings. The second-order valence-corrected chi connectivity index (χ2v) is 7.85. The molecule has 6 heteroatoms. The van der Waals surface area contributed by atoms with E-state index in [1.54, 1.807) is 0 Å². The van der Waals surface area contributed by atoms with Crippen molar-refractivity contribution in [1.29, 1.82) is 0 Å². The van der Waals surface area contributed by atoms with Gasteiger partial charge in [-0.2, -0.15) is 0 Å². The molecule has 154 valence electrons. The van der Waals surface area contributed by atoms with Crippen LogP contribution in [0.5, 0.6) is 5.75 Å². The van der Waals surface area contributed by atoms with E-state index in [0.29, 0.717) is 26.2 Å². The number of hydrogen-bond donors (Lipinski definition) is 1. The SMILES string of the molecule is O=C(NCCOc1cccc2ccccc12)C1CCN(C(=O)N2CCCC2)CC1. The maximum atomic E-state index is 12.5. The van der Waals surface area contributed by atoms with Crippen molar-refractivity contribution in [3.8, 4) is 5.75 Å². The van der Waals surface area contributed by atoms with E-state index in [1.807, 2.05) is 40.1 Å². The van der Waals surface area contributed by atoms with Gasteiger partial charge in [0.05, 0.1) is 6.54 Å². The molecule has 0 unspecified atom stereocenters. The first-order valence-electron chi connectivity index (χ1n) is 10.6. The standard InChI is InChI=1S/C23H29N3O3/c27-22(19-10-15-26(16-11-19)23(28)25-13-3-4-14-25)24-12-17-29-21-9-5-7-18-6-1-2-8-20(18)21/h1-2,5-9,19H,3-4,10-17H2,(H,24,27). The number of fused-ring (bicyclic) bond motifs is 1. The second kappa shape index (κ2) is 9.16. The van der Waals surface area contributed by atoms with Gasteiger partial charge in [-0.1, -0.05) is 36.4 Å². The molecule has 2 saturated heterocycles. The molecule has 2 fully saturated rings. The summed E-state index contributed by atoms with van der Waals surface area (Å²) in [5.41, 5.74) is 0. The van der Waals surface area contributed by atoms with E-state index in [2.05, 4.69) is 17.4 Å². The molecule has 2 aliphatic heterocycles. The van der Waals surface area contributed by atoms with E-state index >= 15 is 0 Å². The van der Waals surface area contributed by atoms with Crippen molar-refractivity contribution in [2.45, 2.75) is 25.7 Å². The molecular weight excluding hydrogens is 366 g/mol. The predicted molar refractivity (Wildman–Crippen MR) is 113 cm³/mol. The highest BCUT2D eigenvalue weighted by Gasteiger charge is 2.30. The van der Waals surface area contributed by atoms with Gasteiger partial charge in [0, 0.05) is 37.5 Å². The summed E-state index contributed by atoms with van der Waals surface area (Å²) in [6.07, 6.45) is 3.67. The smallest absolute Gasteiger partial charge is 0.319 e. The van der Waals surface area contributed by atoms with Crippen molar-refractivity contribution in [3.05, 3.63) is 42.5 Å². The van der Waals surface area contributed by atoms with Crippen LogP contribution in [-0.4, -0.2) is 61.1 Å². The van der Waals surface area contributed by atoms with E-state index in [-0.39, 0.29) is 17.9 Å². The number of benzene rings is 2. The van der Waals surface area contributed by atoms with Crippen LogP contribution in [0.4, 0.5) is 4.79 Å². The zero-order valence-corrected chi connectivity index (χ0v) is 16.8. The van der Waals surface area contributed by atoms with Gasteiger partial charge >= 0.3 is 6.03 Å². The quantitative estimate of drug-likeness (QED) is 0.791. The Bertz CT molecular complexity index is 850. The van der Waals surface area contributed by atoms with E-state index < -0.39 is 0 Å². The number of urea groups is 1. The van der Waals surface area contributed by atoms with Crippen molar-refractivity contribution in [3.63, 3.8) is 0 Å². The van der Waals surface area contributed by atoms with Gasteiger partial charge in [-0.15, -0.1) is 0 Å². The first-order valence-corrected chi connectivity index (χ1v) is 10.6. The number of nitrogens with one attached hydrogen (secondary N) is 1. The van der Waals surface area contributed by atoms with Gasteiger partial charge < -0.3 is 19.9 Å². The lowest BCUT2D eigenvalue weighted by atomic mass is 9.96. The highest BCUT2D eigenvalue weighted by molar-refractivity contribution is 5.88. The second-order valence-electron chi connectivity index (χ2n) is 7.85. The van der Waals surface area contributed by atoms with Crippen molar-refractivity contribution < 1.29 is 14.3 Å². The van der Waals surface area contributed by atoms with E-state index in [4.69, 9.17) is 4.74 Å². The Kier molecular flexibility index (Phi) is 6.17. The number of likely N-dealkylation sites (tertiary alicyclic amines) is 2. The molecule has 1 N–H and O–H groups in total. The summed E-state index contributed by atoms with van der Waals surface area (Å²) < 4.78 is 5.89. The zero-order valence-electron chi connectivity index (χ0n) is 16.8. The lowest BCUT2D eigenvalue weighted by Crippen LogP contribution is -2.48. The zero-order chi connectivity index (χ0) is 20.1. The Balaban J connectivity index is 1.19. The van der Waals surface area contributed by atoms with Crippen LogP contribution in [0.15, 0.2) is 42.5 Å². The Morgan fingerprint density at radius 2 is 1.62 bits per heavy atom. The minimum atomic E-state index is -0.0183. The van der Waals surface area contributed by atoms with Crippen LogP contribution >= 0.6 is 0 Å². The van der Waals surface area contributed by atoms with Crippen molar-refractivity contribution >= 4 is 22.7 Å². The minimum Gasteiger partial charge on any atom is -0.491 e. The Morgan fingerprint density at radius 1 is 0.931 bits per heavy atom. The molecule has 0 aromatic heterocycles. The average molecular weight is 396 g/mol. The summed E-state index contributed by atoms with van der Waals surface area (Å²) in [6, 6.07) is 14.2. The fourth-order valence-corrected chi connectivity index (χ4v) is 4.24. The third-order valence-electron chi connectivity index (χ3n) is 5.92. The van der Waals surface area contributed by atoms with Crippen LogP contribution in [0.1, 0.15) is 25.7 Å². The number of hydrogen-bond acceptors (Lipinski definition) is 3. The van der Waals surface area contributed by atoms with Gasteiger partial charge in [0.2, 0.25) is 5.91 Å². The van der Waals surface area contributed by atoms with Crippen molar-refractivity contribution in [1.82, 2.24) is 15.1 Å². The topological polar surface area (TPSA) is 61.9 Å². The fourth-order valence-electron chi connectivity index (χ4n) is 4.24. The largest absolute Gasteiger partial charge is 0.491 e. The summed E-state index contributed by atoms with van der Waals surface area (Å²) in [4.78, 5) is 28.8. The molecule has 29 heavy (non-hydrogen) atoms. The average Bonchev–Trinajstić information content (AvgIpc) is 3.31. The molecule has 3 amide bonds. The van der Waals surface area contributed by atoms with Crippen LogP contribution in [0, 0.1) is 5.92 Å². The molecule has 0 saturated carbocycles. The monoisotopic (exact) mass is 395 g/mol. The Morgan fingerprint density at radius 3 is 2.41 bits per heavy atom. The molecule has 2 aromatic carbocycles. The Labute approximate surface area is 171 Å². The van der Waals surface area contributed by atoms with Crippen molar-refractivity contribution in [2.24, 2.45) is 5.92 Å². The number of carbonyl (C=O) groups is 2. The number of ether oxygens (including phenoxy) is 1. The third kappa shape index (κ3) is 4.63. The van der Waals surface area contributed by atoms with Crippen molar-refractivity contribution in [2.75, 3.05) is 39.3 Å². The lowest BCUT2D eigenvalue weighted by Gasteiger charge is -2.34. The first kappa shape index (κ1) is 19.6. The molecule has 2 aliphatic rings. The molecule has 0 aliphatic carbocycles. The maximum Gasteiger partial charge on any atom is 0.319 e. The normalized spacial score (nSPS) is 17.5. The molecule has 4 rings (SSSR count). The highest BCUT2D eigenvalue weighted by Crippen LogP contribution is 2.25. The number of rotatable bonds is 5. The summed E-state index contributed by atoms with van der Waals surface area (Å²) in [6.45, 7) is 3.99. The van der Waals surface area contributed by atoms with Gasteiger partial charge in [0.25, 0.3) is 0 Å². The van der Waals surface area contributed by atoms with Gasteiger partial charge in [-0.05, 0) is 37.1 Å². The number of piperidine rings is 1. The highest BCUT2D eigenvalue weighted by atomic mass is 16.5. The third-order valence-corrected chi connectivity index (χ3v) is 5.92. The van der Waals surface area contributed by atoms with Gasteiger partial charge in [0.1, 0.15) is 12.4 Å². The summed E-state index contributed by atoms with van der Waals surface area (Å²) in [5, 5.41) is 5.21. The van der Waals surface area contributed by atoms with Crippen LogP contribution in [0.2, 0.25) is 0 Å². The Hall–Kier alpha value is -2.76. The minimum absolute atomic E-state index is 0.0183. The van der Waals surface area contributed by atoms with Gasteiger partial charge in [0.15, 0.2) is 0 Å². The summed E-state index contributed by atoms with van der Waals surface area (Å²) in [5.74, 6) is 0.890. The predicted octanol–water partition coefficient (Wildman–Crippen LogP) is 3.26. The van der Waals surface area contributed by atoms with Gasteiger partial charge in [-0.25, -0.2) is 4.79 Å². The summed E-state index contributed by atoms with van der Waals surface area (Å²) in [7, 11) is 0. The molecule has 6 nitrogen and oxygen atoms in total. The van der Waals surface area contributed by atoms with E-state index in [1.165, 1.54) is 0 Å². The molecule has 2 heterocycles. The van der Waals surface area contributed by atoms with E-state index in [0.717, 1.165) is 55.3 Å². The molecule has 0 spiro atoms. The maximum absolute atomic E-state index is 12.5. The fraction of sp³-hybridized carbons (Fsp3) is 0.478. The van der Waals surface area contributed by atoms with Crippen LogP contribution in [0.25, 0.3) is 10.8 Å². The number of nitrogens with zero attached hydrogens (tertiary/aromatic N) is 2. The number of carbonyl (C=O) groups excluding carboxylic acids is 2. The number of amides is 3. The molecule has 0 atom stereocenters. The molecule has 0 bridgehead atoms. The van der Waals surface area contributed by atoms with E-state index in [9.17, 15) is 9.59 Å². The molecular formula is C23H29N3O3. The van der Waals surface area contributed by atoms with Crippen LogP contribution in [-0.2, 0) is 4.79 Å². The lowest BCUT2D eigenvalue weighted by molar-refractivity contribution is -0.126. The molecule has 0 radical (unpaired) electrons. The van der Waals surface area contributed by atoms with Gasteiger partial charge in [-0.3, -0.25) is 4.79 Å².